The van der Waals surface area contributed by atoms with Crippen molar-refractivity contribution in [1.82, 2.24) is 0 Å². The minimum Gasteiger partial charge on any atom is -0.508 e. The van der Waals surface area contributed by atoms with Gasteiger partial charge >= 0.3 is 0 Å². The van der Waals surface area contributed by atoms with E-state index in [9.17, 15) is 19.9 Å². The monoisotopic (exact) mass is 313 g/mol. The van der Waals surface area contributed by atoms with E-state index in [0.29, 0.717) is 5.56 Å². The number of phenols is 2. The zero-order valence-electron chi connectivity index (χ0n) is 11.9. The summed E-state index contributed by atoms with van der Waals surface area (Å²) in [5.41, 5.74) is 0.155. The molecule has 0 aliphatic rings. The third kappa shape index (κ3) is 2.38. The molecule has 0 fully saturated rings. The van der Waals surface area contributed by atoms with Crippen molar-refractivity contribution in [2.75, 3.05) is 7.11 Å². The molecule has 2 aromatic carbocycles. The molecule has 0 amide bonds. The lowest BCUT2D eigenvalue weighted by Gasteiger charge is -2.10. The van der Waals surface area contributed by atoms with E-state index in [1.165, 1.54) is 25.3 Å². The predicted octanol–water partition coefficient (Wildman–Crippen LogP) is 3.28. The number of fused-ring (bicyclic) bond motifs is 1. The molecule has 0 radical (unpaired) electrons. The number of aromatic hydroxyl groups is 2. The van der Waals surface area contributed by atoms with Crippen molar-refractivity contribution in [3.05, 3.63) is 51.5 Å². The molecule has 2 N–H and O–H groups in total. The molecule has 0 saturated carbocycles. The zero-order chi connectivity index (χ0) is 16.6. The molecule has 23 heavy (non-hydrogen) atoms. The van der Waals surface area contributed by atoms with Crippen LogP contribution < -0.4 is 10.2 Å². The molecular weight excluding hydrogens is 302 g/mol. The van der Waals surface area contributed by atoms with Crippen LogP contribution in [0.15, 0.2) is 50.8 Å². The van der Waals surface area contributed by atoms with E-state index >= 15 is 0 Å². The molecule has 7 nitrogen and oxygen atoms in total. The highest BCUT2D eigenvalue weighted by atomic mass is 16.5. The molecule has 0 saturated heterocycles. The maximum atomic E-state index is 12.5. The molecular formula is C16H11NO6. The Bertz CT molecular complexity index is 959. The molecule has 0 bridgehead atoms. The number of methoxy groups -OCH3 is 1. The van der Waals surface area contributed by atoms with Gasteiger partial charge in [0.1, 0.15) is 28.2 Å². The van der Waals surface area contributed by atoms with E-state index < -0.39 is 11.2 Å². The highest BCUT2D eigenvalue weighted by Gasteiger charge is 2.19. The number of hydrogen-bond donors (Lipinski definition) is 2. The van der Waals surface area contributed by atoms with Gasteiger partial charge < -0.3 is 19.4 Å². The SMILES string of the molecule is COc1c(-c2ccc(N=O)cc2)oc2cc(O)cc(O)c2c1=O. The summed E-state index contributed by atoms with van der Waals surface area (Å²) >= 11 is 0. The van der Waals surface area contributed by atoms with E-state index in [-0.39, 0.29) is 33.9 Å². The van der Waals surface area contributed by atoms with Gasteiger partial charge in [0.2, 0.25) is 11.2 Å². The molecule has 116 valence electrons. The normalized spacial score (nSPS) is 10.7. The van der Waals surface area contributed by atoms with Crippen LogP contribution in [0.25, 0.3) is 22.3 Å². The molecule has 0 spiro atoms. The van der Waals surface area contributed by atoms with Crippen LogP contribution in [0.3, 0.4) is 0 Å². The Hall–Kier alpha value is -3.35. The Labute approximate surface area is 129 Å². The first kappa shape index (κ1) is 14.6. The summed E-state index contributed by atoms with van der Waals surface area (Å²) in [4.78, 5) is 23.0. The summed E-state index contributed by atoms with van der Waals surface area (Å²) < 4.78 is 10.7. The quantitative estimate of drug-likeness (QED) is 0.718. The number of ether oxygens (including phenoxy) is 1. The minimum atomic E-state index is -0.571. The second-order valence-electron chi connectivity index (χ2n) is 4.77. The molecule has 0 atom stereocenters. The van der Waals surface area contributed by atoms with Gasteiger partial charge in [-0.3, -0.25) is 4.79 Å². The molecule has 3 rings (SSSR count). The van der Waals surface area contributed by atoms with Crippen molar-refractivity contribution in [3.63, 3.8) is 0 Å². The first-order valence-corrected chi connectivity index (χ1v) is 6.55. The fourth-order valence-electron chi connectivity index (χ4n) is 2.32. The number of hydrogen-bond acceptors (Lipinski definition) is 7. The molecule has 1 aromatic heterocycles. The molecule has 0 aliphatic heterocycles. The van der Waals surface area contributed by atoms with E-state index in [2.05, 4.69) is 5.18 Å². The lowest BCUT2D eigenvalue weighted by Crippen LogP contribution is -2.07. The fourth-order valence-corrected chi connectivity index (χ4v) is 2.32. The Morgan fingerprint density at radius 2 is 1.83 bits per heavy atom. The van der Waals surface area contributed by atoms with E-state index in [1.807, 2.05) is 0 Å². The van der Waals surface area contributed by atoms with Crippen molar-refractivity contribution in [1.29, 1.82) is 0 Å². The van der Waals surface area contributed by atoms with Gasteiger partial charge in [-0.05, 0) is 29.4 Å². The summed E-state index contributed by atoms with van der Waals surface area (Å²) in [6, 6.07) is 8.29. The lowest BCUT2D eigenvalue weighted by atomic mass is 10.1. The van der Waals surface area contributed by atoms with E-state index in [0.717, 1.165) is 6.07 Å². The molecule has 0 unspecified atom stereocenters. The van der Waals surface area contributed by atoms with Crippen LogP contribution >= 0.6 is 0 Å². The minimum absolute atomic E-state index is 0.0147. The van der Waals surface area contributed by atoms with Gasteiger partial charge in [0.15, 0.2) is 5.76 Å². The maximum absolute atomic E-state index is 12.5. The molecule has 7 heteroatoms. The van der Waals surface area contributed by atoms with Crippen LogP contribution in [-0.2, 0) is 0 Å². The van der Waals surface area contributed by atoms with Gasteiger partial charge in [-0.25, -0.2) is 0 Å². The number of rotatable bonds is 3. The number of nitrogens with zero attached hydrogens (tertiary/aromatic N) is 1. The van der Waals surface area contributed by atoms with Gasteiger partial charge in [0.05, 0.1) is 7.11 Å². The van der Waals surface area contributed by atoms with Crippen LogP contribution in [0, 0.1) is 4.91 Å². The van der Waals surface area contributed by atoms with Gasteiger partial charge in [-0.15, -0.1) is 4.91 Å². The Morgan fingerprint density at radius 3 is 2.43 bits per heavy atom. The topological polar surface area (TPSA) is 109 Å². The first-order valence-electron chi connectivity index (χ1n) is 6.55. The van der Waals surface area contributed by atoms with Crippen LogP contribution in [-0.4, -0.2) is 17.3 Å². The van der Waals surface area contributed by atoms with Crippen molar-refractivity contribution >= 4 is 16.7 Å². The van der Waals surface area contributed by atoms with Crippen molar-refractivity contribution in [2.45, 2.75) is 0 Å². The standard InChI is InChI=1S/C16H11NO6/c1-22-16-14(20)13-11(19)6-10(18)7-12(13)23-15(16)8-2-4-9(17-21)5-3-8/h2-7,18-19H,1H3. The average molecular weight is 313 g/mol. The predicted molar refractivity (Wildman–Crippen MR) is 83.3 cm³/mol. The second-order valence-corrected chi connectivity index (χ2v) is 4.77. The Kier molecular flexibility index (Phi) is 3.46. The van der Waals surface area contributed by atoms with Gasteiger partial charge in [-0.2, -0.15) is 0 Å². The van der Waals surface area contributed by atoms with Gasteiger partial charge in [-0.1, -0.05) is 0 Å². The fraction of sp³-hybridized carbons (Fsp3) is 0.0625. The molecule has 0 aliphatic carbocycles. The second kappa shape index (κ2) is 5.45. The number of phenolic OH excluding ortho intramolecular Hbond substituents is 2. The average Bonchev–Trinajstić information content (AvgIpc) is 2.54. The molecule has 1 heterocycles. The summed E-state index contributed by atoms with van der Waals surface area (Å²) in [6.45, 7) is 0. The highest BCUT2D eigenvalue weighted by Crippen LogP contribution is 2.35. The van der Waals surface area contributed by atoms with Crippen LogP contribution in [0.2, 0.25) is 0 Å². The van der Waals surface area contributed by atoms with E-state index in [1.54, 1.807) is 12.1 Å². The van der Waals surface area contributed by atoms with Crippen molar-refractivity contribution in [3.8, 4) is 28.6 Å². The summed E-state index contributed by atoms with van der Waals surface area (Å²) in [6.07, 6.45) is 0. The summed E-state index contributed by atoms with van der Waals surface area (Å²) in [5.74, 6) is -0.619. The van der Waals surface area contributed by atoms with E-state index in [4.69, 9.17) is 9.15 Å². The number of benzene rings is 2. The largest absolute Gasteiger partial charge is 0.508 e. The lowest BCUT2D eigenvalue weighted by molar-refractivity contribution is 0.397. The highest BCUT2D eigenvalue weighted by molar-refractivity contribution is 5.88. The van der Waals surface area contributed by atoms with Crippen molar-refractivity contribution in [2.24, 2.45) is 5.18 Å². The maximum Gasteiger partial charge on any atom is 0.239 e. The van der Waals surface area contributed by atoms with Crippen molar-refractivity contribution < 1.29 is 19.4 Å². The van der Waals surface area contributed by atoms with Gasteiger partial charge in [0.25, 0.3) is 0 Å². The van der Waals surface area contributed by atoms with Crippen LogP contribution in [0.5, 0.6) is 17.2 Å². The Balaban J connectivity index is 2.35. The van der Waals surface area contributed by atoms with Crippen LogP contribution in [0.4, 0.5) is 5.69 Å². The Morgan fingerprint density at radius 1 is 1.13 bits per heavy atom. The zero-order valence-corrected chi connectivity index (χ0v) is 11.9. The smallest absolute Gasteiger partial charge is 0.239 e. The summed E-state index contributed by atoms with van der Waals surface area (Å²) in [5, 5.41) is 22.1. The molecule has 3 aromatic rings. The number of nitroso groups, excluding NO2 is 1. The van der Waals surface area contributed by atoms with Gasteiger partial charge in [0, 0.05) is 17.7 Å². The summed E-state index contributed by atoms with van der Waals surface area (Å²) in [7, 11) is 1.31. The third-order valence-electron chi connectivity index (χ3n) is 3.36. The third-order valence-corrected chi connectivity index (χ3v) is 3.36. The first-order chi connectivity index (χ1) is 11.0. The van der Waals surface area contributed by atoms with Crippen LogP contribution in [0.1, 0.15) is 0 Å².